The Hall–Kier alpha value is -2.88. The van der Waals surface area contributed by atoms with Gasteiger partial charge in [-0.2, -0.15) is 0 Å². The second-order valence-corrected chi connectivity index (χ2v) is 6.48. The number of aromatic nitrogens is 2. The van der Waals surface area contributed by atoms with Crippen LogP contribution >= 0.6 is 24.0 Å². The van der Waals surface area contributed by atoms with E-state index in [4.69, 9.17) is 9.47 Å². The van der Waals surface area contributed by atoms with E-state index in [0.29, 0.717) is 18.2 Å². The van der Waals surface area contributed by atoms with Crippen LogP contribution in [0.3, 0.4) is 0 Å². The molecule has 0 saturated heterocycles. The highest BCUT2D eigenvalue weighted by Crippen LogP contribution is 2.22. The first-order valence-corrected chi connectivity index (χ1v) is 9.95. The van der Waals surface area contributed by atoms with Gasteiger partial charge in [-0.3, -0.25) is 4.98 Å². The van der Waals surface area contributed by atoms with E-state index in [2.05, 4.69) is 25.6 Å². The number of rotatable bonds is 9. The average Bonchev–Trinajstić information content (AvgIpc) is 2.80. The summed E-state index contributed by atoms with van der Waals surface area (Å²) in [6.45, 7) is 4.12. The van der Waals surface area contributed by atoms with Gasteiger partial charge in [-0.25, -0.2) is 9.98 Å². The molecular weight excluding hydrogens is 505 g/mol. The zero-order chi connectivity index (χ0) is 21.0. The van der Waals surface area contributed by atoms with E-state index in [1.807, 2.05) is 67.7 Å². The molecule has 0 aliphatic rings. The lowest BCUT2D eigenvalue weighted by atomic mass is 10.3. The molecule has 3 aromatic rings. The first-order chi connectivity index (χ1) is 14.8. The van der Waals surface area contributed by atoms with E-state index in [0.717, 1.165) is 42.5 Å². The minimum atomic E-state index is 0. The Morgan fingerprint density at radius 3 is 2.42 bits per heavy atom. The van der Waals surface area contributed by atoms with Gasteiger partial charge in [0.2, 0.25) is 5.88 Å². The molecule has 164 valence electrons. The Labute approximate surface area is 200 Å². The van der Waals surface area contributed by atoms with E-state index >= 15 is 0 Å². The third-order valence-corrected chi connectivity index (χ3v) is 4.24. The fourth-order valence-corrected chi connectivity index (χ4v) is 2.70. The molecular formula is C23H28IN5O2. The Balaban J connectivity index is 0.00000341. The number of methoxy groups -OCH3 is 1. The summed E-state index contributed by atoms with van der Waals surface area (Å²) in [4.78, 5) is 13.3. The molecule has 3 rings (SSSR count). The number of pyridine rings is 2. The monoisotopic (exact) mass is 533 g/mol. The van der Waals surface area contributed by atoms with Crippen LogP contribution in [0.4, 0.5) is 0 Å². The summed E-state index contributed by atoms with van der Waals surface area (Å²) in [6, 6.07) is 17.1. The Kier molecular flexibility index (Phi) is 10.6. The number of aliphatic imine (C=N–C) groups is 1. The molecule has 0 aliphatic heterocycles. The number of halogens is 1. The summed E-state index contributed by atoms with van der Waals surface area (Å²) in [5, 5.41) is 6.59. The summed E-state index contributed by atoms with van der Waals surface area (Å²) in [5.74, 6) is 2.80. The van der Waals surface area contributed by atoms with E-state index in [9.17, 15) is 0 Å². The fourth-order valence-electron chi connectivity index (χ4n) is 2.70. The van der Waals surface area contributed by atoms with E-state index in [1.165, 1.54) is 0 Å². The smallest absolute Gasteiger partial charge is 0.219 e. The zero-order valence-electron chi connectivity index (χ0n) is 17.7. The highest BCUT2D eigenvalue weighted by atomic mass is 127. The van der Waals surface area contributed by atoms with Gasteiger partial charge in [0, 0.05) is 43.7 Å². The first kappa shape index (κ1) is 24.4. The summed E-state index contributed by atoms with van der Waals surface area (Å²) < 4.78 is 10.9. The lowest BCUT2D eigenvalue weighted by Gasteiger charge is -2.11. The van der Waals surface area contributed by atoms with Crippen molar-refractivity contribution in [2.24, 2.45) is 4.99 Å². The van der Waals surface area contributed by atoms with Crippen molar-refractivity contribution in [2.75, 3.05) is 20.2 Å². The number of hydrogen-bond donors (Lipinski definition) is 2. The quantitative estimate of drug-likeness (QED) is 0.244. The van der Waals surface area contributed by atoms with E-state index in [1.54, 1.807) is 13.3 Å². The van der Waals surface area contributed by atoms with Gasteiger partial charge in [-0.05, 0) is 48.9 Å². The third-order valence-electron chi connectivity index (χ3n) is 4.24. The van der Waals surface area contributed by atoms with Crippen LogP contribution in [0.25, 0.3) is 0 Å². The summed E-state index contributed by atoms with van der Waals surface area (Å²) in [6.07, 6.45) is 4.42. The van der Waals surface area contributed by atoms with Crippen LogP contribution in [0.2, 0.25) is 0 Å². The second-order valence-electron chi connectivity index (χ2n) is 6.48. The second kappa shape index (κ2) is 13.4. The highest BCUT2D eigenvalue weighted by Gasteiger charge is 2.02. The first-order valence-electron chi connectivity index (χ1n) is 9.95. The van der Waals surface area contributed by atoms with Gasteiger partial charge in [0.25, 0.3) is 0 Å². The van der Waals surface area contributed by atoms with Crippen LogP contribution in [0.5, 0.6) is 17.4 Å². The maximum atomic E-state index is 5.76. The average molecular weight is 533 g/mol. The predicted octanol–water partition coefficient (Wildman–Crippen LogP) is 4.19. The number of ether oxygens (including phenoxy) is 2. The van der Waals surface area contributed by atoms with Crippen molar-refractivity contribution < 1.29 is 9.47 Å². The maximum absolute atomic E-state index is 5.76. The van der Waals surface area contributed by atoms with Crippen LogP contribution in [-0.4, -0.2) is 36.1 Å². The predicted molar refractivity (Wildman–Crippen MR) is 133 cm³/mol. The molecule has 2 heterocycles. The molecule has 0 radical (unpaired) electrons. The molecule has 7 nitrogen and oxygen atoms in total. The summed E-state index contributed by atoms with van der Waals surface area (Å²) >= 11 is 0. The maximum Gasteiger partial charge on any atom is 0.219 e. The highest BCUT2D eigenvalue weighted by molar-refractivity contribution is 14.0. The van der Waals surface area contributed by atoms with E-state index in [-0.39, 0.29) is 24.0 Å². The topological polar surface area (TPSA) is 80.7 Å². The van der Waals surface area contributed by atoms with Crippen molar-refractivity contribution in [3.63, 3.8) is 0 Å². The lowest BCUT2D eigenvalue weighted by Crippen LogP contribution is -2.38. The molecule has 2 aromatic heterocycles. The van der Waals surface area contributed by atoms with E-state index < -0.39 is 0 Å². The number of nitrogens with one attached hydrogen (secondary N) is 2. The molecule has 0 fully saturated rings. The third kappa shape index (κ3) is 8.41. The molecule has 0 spiro atoms. The Bertz CT molecular complexity index is 919. The van der Waals surface area contributed by atoms with Gasteiger partial charge < -0.3 is 20.1 Å². The zero-order valence-corrected chi connectivity index (χ0v) is 20.1. The van der Waals surface area contributed by atoms with Crippen LogP contribution < -0.4 is 20.1 Å². The standard InChI is InChI=1S/C23H27N5O2.HI/c1-3-24-23(26-15-13-19-6-4-5-14-25-19)28-17-18-7-12-22(27-16-18)30-21-10-8-20(29-2)9-11-21;/h4-12,14,16H,3,13,15,17H2,1-2H3,(H2,24,26,28);1H. The van der Waals surface area contributed by atoms with Gasteiger partial charge in [-0.15, -0.1) is 24.0 Å². The molecule has 1 aromatic carbocycles. The van der Waals surface area contributed by atoms with Crippen LogP contribution in [0.15, 0.2) is 72.0 Å². The van der Waals surface area contributed by atoms with Crippen molar-refractivity contribution in [1.29, 1.82) is 0 Å². The van der Waals surface area contributed by atoms with Crippen molar-refractivity contribution in [3.8, 4) is 17.4 Å². The number of hydrogen-bond acceptors (Lipinski definition) is 5. The minimum Gasteiger partial charge on any atom is -0.497 e. The molecule has 31 heavy (non-hydrogen) atoms. The molecule has 8 heteroatoms. The van der Waals surface area contributed by atoms with Gasteiger partial charge in [0.1, 0.15) is 11.5 Å². The van der Waals surface area contributed by atoms with Gasteiger partial charge in [0.15, 0.2) is 5.96 Å². The van der Waals surface area contributed by atoms with Crippen molar-refractivity contribution in [2.45, 2.75) is 19.9 Å². The van der Waals surface area contributed by atoms with Crippen molar-refractivity contribution in [3.05, 3.63) is 78.2 Å². The van der Waals surface area contributed by atoms with Gasteiger partial charge in [-0.1, -0.05) is 12.1 Å². The number of nitrogens with zero attached hydrogens (tertiary/aromatic N) is 3. The van der Waals surface area contributed by atoms with Crippen LogP contribution in [0, 0.1) is 0 Å². The van der Waals surface area contributed by atoms with Crippen LogP contribution in [-0.2, 0) is 13.0 Å². The summed E-state index contributed by atoms with van der Waals surface area (Å²) in [5.41, 5.74) is 2.05. The van der Waals surface area contributed by atoms with Gasteiger partial charge in [0.05, 0.1) is 13.7 Å². The molecule has 0 amide bonds. The molecule has 0 unspecified atom stereocenters. The summed E-state index contributed by atoms with van der Waals surface area (Å²) in [7, 11) is 1.64. The largest absolute Gasteiger partial charge is 0.497 e. The molecule has 2 N–H and O–H groups in total. The number of guanidine groups is 1. The fraction of sp³-hybridized carbons (Fsp3) is 0.261. The SMILES string of the molecule is CCNC(=NCc1ccc(Oc2ccc(OC)cc2)nc1)NCCc1ccccn1.I. The minimum absolute atomic E-state index is 0. The lowest BCUT2D eigenvalue weighted by molar-refractivity contribution is 0.412. The molecule has 0 aliphatic carbocycles. The van der Waals surface area contributed by atoms with Crippen molar-refractivity contribution in [1.82, 2.24) is 20.6 Å². The van der Waals surface area contributed by atoms with Crippen LogP contribution in [0.1, 0.15) is 18.2 Å². The Morgan fingerprint density at radius 2 is 1.77 bits per heavy atom. The molecule has 0 atom stereocenters. The number of benzene rings is 1. The molecule has 0 saturated carbocycles. The normalized spacial score (nSPS) is 10.7. The van der Waals surface area contributed by atoms with Gasteiger partial charge >= 0.3 is 0 Å². The molecule has 0 bridgehead atoms. The Morgan fingerprint density at radius 1 is 0.968 bits per heavy atom. The van der Waals surface area contributed by atoms with Crippen molar-refractivity contribution >= 4 is 29.9 Å².